The summed E-state index contributed by atoms with van der Waals surface area (Å²) in [5.41, 5.74) is 1.89. The third-order valence-corrected chi connectivity index (χ3v) is 4.69. The smallest absolute Gasteiger partial charge is 0.338 e. The minimum Gasteiger partial charge on any atom is -0.454 e. The molecule has 0 aliphatic carbocycles. The van der Waals surface area contributed by atoms with Crippen LogP contribution in [0.2, 0.25) is 0 Å². The first-order chi connectivity index (χ1) is 12.6. The number of aryl methyl sites for hydroxylation is 1. The van der Waals surface area contributed by atoms with Gasteiger partial charge < -0.3 is 9.30 Å². The highest BCUT2D eigenvalue weighted by atomic mass is 32.1. The van der Waals surface area contributed by atoms with E-state index in [0.29, 0.717) is 10.6 Å². The predicted molar refractivity (Wildman–Crippen MR) is 96.3 cm³/mol. The van der Waals surface area contributed by atoms with E-state index in [4.69, 9.17) is 4.74 Å². The highest BCUT2D eigenvalue weighted by Crippen LogP contribution is 2.21. The van der Waals surface area contributed by atoms with Gasteiger partial charge in [0.2, 0.25) is 0 Å². The summed E-state index contributed by atoms with van der Waals surface area (Å²) in [4.78, 5) is 28.6. The average Bonchev–Trinajstić information content (AvgIpc) is 3.32. The Balaban J connectivity index is 1.66. The number of esters is 1. The van der Waals surface area contributed by atoms with Gasteiger partial charge in [0, 0.05) is 29.2 Å². The van der Waals surface area contributed by atoms with Gasteiger partial charge in [-0.25, -0.2) is 9.78 Å². The predicted octanol–water partition coefficient (Wildman–Crippen LogP) is 3.28. The summed E-state index contributed by atoms with van der Waals surface area (Å²) < 4.78 is 6.96. The number of Topliss-reactive ketones (excluding diaryl/α,β-unsaturated/α-hetero) is 1. The van der Waals surface area contributed by atoms with Crippen LogP contribution >= 0.6 is 11.3 Å². The molecular weight excluding hydrogens is 350 g/mol. The normalized spacial score (nSPS) is 11.5. The Morgan fingerprint density at radius 3 is 2.73 bits per heavy atom. The van der Waals surface area contributed by atoms with E-state index in [1.165, 1.54) is 11.3 Å². The van der Waals surface area contributed by atoms with Crippen LogP contribution in [0.4, 0.5) is 0 Å². The highest BCUT2D eigenvalue weighted by Gasteiger charge is 2.24. The lowest BCUT2D eigenvalue weighted by Crippen LogP contribution is -2.20. The van der Waals surface area contributed by atoms with E-state index in [-0.39, 0.29) is 0 Å². The van der Waals surface area contributed by atoms with Gasteiger partial charge in [0.05, 0.1) is 11.6 Å². The summed E-state index contributed by atoms with van der Waals surface area (Å²) in [6.07, 6.45) is 3.73. The van der Waals surface area contributed by atoms with Crippen LogP contribution < -0.4 is 0 Å². The van der Waals surface area contributed by atoms with Crippen LogP contribution in [0.3, 0.4) is 0 Å². The van der Waals surface area contributed by atoms with Crippen molar-refractivity contribution in [1.29, 1.82) is 5.26 Å². The van der Waals surface area contributed by atoms with Gasteiger partial charge in [0.25, 0.3) is 0 Å². The summed E-state index contributed by atoms with van der Waals surface area (Å²) in [7, 11) is 0. The fourth-order valence-corrected chi connectivity index (χ4v) is 3.23. The molecule has 0 saturated carbocycles. The highest BCUT2D eigenvalue weighted by molar-refractivity contribution is 7.09. The zero-order valence-corrected chi connectivity index (χ0v) is 14.8. The lowest BCUT2D eigenvalue weighted by molar-refractivity contribution is -0.122. The Morgan fingerprint density at radius 1 is 1.31 bits per heavy atom. The second-order valence-corrected chi connectivity index (χ2v) is 6.46. The number of hydrogen-bond donors (Lipinski definition) is 0. The topological polar surface area (TPSA) is 85.0 Å². The van der Waals surface area contributed by atoms with E-state index >= 15 is 0 Å². The molecule has 0 spiro atoms. The zero-order chi connectivity index (χ0) is 18.5. The summed E-state index contributed by atoms with van der Waals surface area (Å²) >= 11 is 1.24. The van der Waals surface area contributed by atoms with Crippen molar-refractivity contribution in [1.82, 2.24) is 9.55 Å². The third-order valence-electron chi connectivity index (χ3n) is 3.66. The van der Waals surface area contributed by atoms with Gasteiger partial charge in [-0.05, 0) is 37.3 Å². The number of hydrogen-bond acceptors (Lipinski definition) is 6. The quantitative estimate of drug-likeness (QED) is 0.626. The SMILES string of the molecule is Cc1csc([C@H](C#N)C(=O)COC(=O)c2cccc(-n3cccc3)c2)n1. The Bertz CT molecular complexity index is 970. The van der Waals surface area contributed by atoms with E-state index in [2.05, 4.69) is 4.98 Å². The number of nitrogens with zero attached hydrogens (tertiary/aromatic N) is 3. The fourth-order valence-electron chi connectivity index (χ4n) is 2.37. The summed E-state index contributed by atoms with van der Waals surface area (Å²) in [5.74, 6) is -2.12. The zero-order valence-electron chi connectivity index (χ0n) is 14.0. The molecule has 0 amide bonds. The second-order valence-electron chi connectivity index (χ2n) is 5.57. The second kappa shape index (κ2) is 7.76. The molecule has 0 aliphatic heterocycles. The monoisotopic (exact) mass is 365 g/mol. The molecule has 0 N–H and O–H groups in total. The van der Waals surface area contributed by atoms with Crippen LogP contribution in [0.1, 0.15) is 27.0 Å². The number of nitriles is 1. The number of carbonyl (C=O) groups excluding carboxylic acids is 2. The van der Waals surface area contributed by atoms with Gasteiger partial charge in [-0.2, -0.15) is 5.26 Å². The molecule has 3 rings (SSSR count). The van der Waals surface area contributed by atoms with E-state index in [1.807, 2.05) is 41.2 Å². The Morgan fingerprint density at radius 2 is 2.08 bits per heavy atom. The Labute approximate surface area is 154 Å². The molecule has 7 heteroatoms. The molecule has 0 saturated heterocycles. The van der Waals surface area contributed by atoms with Crippen molar-refractivity contribution in [2.45, 2.75) is 12.8 Å². The minimum atomic E-state index is -1.02. The average molecular weight is 365 g/mol. The maximum absolute atomic E-state index is 12.2. The summed E-state index contributed by atoms with van der Waals surface area (Å²) in [5, 5.41) is 11.4. The van der Waals surface area contributed by atoms with Gasteiger partial charge in [0.15, 0.2) is 18.3 Å². The molecule has 0 fully saturated rings. The molecule has 2 heterocycles. The number of benzene rings is 1. The van der Waals surface area contributed by atoms with E-state index < -0.39 is 24.3 Å². The minimum absolute atomic E-state index is 0.336. The molecule has 6 nitrogen and oxygen atoms in total. The van der Waals surface area contributed by atoms with Gasteiger partial charge in [-0.3, -0.25) is 4.79 Å². The Hall–Kier alpha value is -3.24. The van der Waals surface area contributed by atoms with Gasteiger partial charge in [-0.15, -0.1) is 11.3 Å². The molecule has 1 aromatic carbocycles. The van der Waals surface area contributed by atoms with Gasteiger partial charge in [-0.1, -0.05) is 6.07 Å². The molecule has 3 aromatic rings. The van der Waals surface area contributed by atoms with Crippen LogP contribution in [-0.4, -0.2) is 27.9 Å². The molecule has 26 heavy (non-hydrogen) atoms. The molecule has 2 aromatic heterocycles. The van der Waals surface area contributed by atoms with Crippen molar-refractivity contribution in [3.63, 3.8) is 0 Å². The summed E-state index contributed by atoms with van der Waals surface area (Å²) in [6.45, 7) is 1.32. The largest absolute Gasteiger partial charge is 0.454 e. The van der Waals surface area contributed by atoms with Crippen molar-refractivity contribution in [2.24, 2.45) is 0 Å². The third kappa shape index (κ3) is 3.87. The van der Waals surface area contributed by atoms with Gasteiger partial charge in [0.1, 0.15) is 5.01 Å². The first-order valence-electron chi connectivity index (χ1n) is 7.83. The first kappa shape index (κ1) is 17.6. The number of carbonyl (C=O) groups is 2. The van der Waals surface area contributed by atoms with Crippen LogP contribution in [0.25, 0.3) is 5.69 Å². The van der Waals surface area contributed by atoms with E-state index in [0.717, 1.165) is 11.4 Å². The van der Waals surface area contributed by atoms with Gasteiger partial charge >= 0.3 is 5.97 Å². The summed E-state index contributed by atoms with van der Waals surface area (Å²) in [6, 6.07) is 12.6. The number of ketones is 1. The van der Waals surface area contributed by atoms with E-state index in [1.54, 1.807) is 30.5 Å². The molecule has 0 bridgehead atoms. The van der Waals surface area contributed by atoms with Crippen molar-refractivity contribution in [3.8, 4) is 11.8 Å². The molecule has 0 aliphatic rings. The molecule has 1 atom stereocenters. The Kier molecular flexibility index (Phi) is 5.25. The van der Waals surface area contributed by atoms with Crippen molar-refractivity contribution >= 4 is 23.1 Å². The molecule has 0 unspecified atom stereocenters. The number of rotatable bonds is 6. The van der Waals surface area contributed by atoms with Crippen molar-refractivity contribution in [2.75, 3.05) is 6.61 Å². The van der Waals surface area contributed by atoms with Crippen molar-refractivity contribution in [3.05, 3.63) is 70.4 Å². The van der Waals surface area contributed by atoms with Crippen LogP contribution in [0.5, 0.6) is 0 Å². The van der Waals surface area contributed by atoms with Crippen LogP contribution in [0.15, 0.2) is 54.2 Å². The first-order valence-corrected chi connectivity index (χ1v) is 8.71. The fraction of sp³-hybridized carbons (Fsp3) is 0.158. The lowest BCUT2D eigenvalue weighted by atomic mass is 10.1. The van der Waals surface area contributed by atoms with Crippen LogP contribution in [-0.2, 0) is 9.53 Å². The molecule has 0 radical (unpaired) electrons. The molecular formula is C19H15N3O3S. The lowest BCUT2D eigenvalue weighted by Gasteiger charge is -2.08. The number of aromatic nitrogens is 2. The number of ether oxygens (including phenoxy) is 1. The van der Waals surface area contributed by atoms with Crippen molar-refractivity contribution < 1.29 is 14.3 Å². The van der Waals surface area contributed by atoms with Crippen LogP contribution in [0, 0.1) is 18.3 Å². The maximum atomic E-state index is 12.2. The van der Waals surface area contributed by atoms with E-state index in [9.17, 15) is 14.9 Å². The number of thiazole rings is 1. The maximum Gasteiger partial charge on any atom is 0.338 e. The standard InChI is InChI=1S/C19H15N3O3S/c1-13-12-26-18(21-13)16(10-20)17(23)11-25-19(24)14-5-4-6-15(9-14)22-7-2-3-8-22/h2-9,12,16H,11H2,1H3/t16-/m1/s1. The molecule has 130 valence electrons.